The zero-order valence-corrected chi connectivity index (χ0v) is 16.1. The van der Waals surface area contributed by atoms with Gasteiger partial charge in [0.25, 0.3) is 5.91 Å². The Kier molecular flexibility index (Phi) is 6.39. The Morgan fingerprint density at radius 1 is 1.03 bits per heavy atom. The van der Waals surface area contributed by atoms with E-state index < -0.39 is 41.4 Å². The highest BCUT2D eigenvalue weighted by Gasteiger charge is 2.18. The first-order chi connectivity index (χ1) is 14.8. The van der Waals surface area contributed by atoms with E-state index in [0.29, 0.717) is 0 Å². The normalized spacial score (nSPS) is 10.5. The molecule has 0 bridgehead atoms. The smallest absolute Gasteiger partial charge is 0.255 e. The van der Waals surface area contributed by atoms with Crippen LogP contribution in [0.25, 0.3) is 0 Å². The van der Waals surface area contributed by atoms with Gasteiger partial charge >= 0.3 is 0 Å². The maximum absolute atomic E-state index is 14.8. The van der Waals surface area contributed by atoms with Gasteiger partial charge in [-0.15, -0.1) is 0 Å². The van der Waals surface area contributed by atoms with E-state index in [0.717, 1.165) is 18.2 Å². The van der Waals surface area contributed by atoms with E-state index in [1.807, 2.05) is 0 Å². The van der Waals surface area contributed by atoms with Crippen molar-refractivity contribution in [3.05, 3.63) is 82.9 Å². The first-order valence-corrected chi connectivity index (χ1v) is 8.79. The molecule has 3 aromatic rings. The van der Waals surface area contributed by atoms with Crippen molar-refractivity contribution in [2.75, 3.05) is 12.4 Å². The van der Waals surface area contributed by atoms with Gasteiger partial charge in [-0.3, -0.25) is 14.6 Å². The summed E-state index contributed by atoms with van der Waals surface area (Å²) in [7, 11) is 1.27. The van der Waals surface area contributed by atoms with Crippen molar-refractivity contribution in [1.82, 2.24) is 4.98 Å². The van der Waals surface area contributed by atoms with E-state index >= 15 is 0 Å². The Balaban J connectivity index is 1.79. The monoisotopic (exact) mass is 431 g/mol. The van der Waals surface area contributed by atoms with E-state index in [-0.39, 0.29) is 28.3 Å². The second kappa shape index (κ2) is 9.16. The lowest BCUT2D eigenvalue weighted by Crippen LogP contribution is -2.15. The van der Waals surface area contributed by atoms with Gasteiger partial charge in [-0.05, 0) is 36.4 Å². The van der Waals surface area contributed by atoms with Crippen LogP contribution in [0.4, 0.5) is 18.9 Å². The number of amides is 2. The van der Waals surface area contributed by atoms with Gasteiger partial charge < -0.3 is 20.5 Å². The van der Waals surface area contributed by atoms with Crippen LogP contribution in [0.5, 0.6) is 11.5 Å². The third-order valence-corrected chi connectivity index (χ3v) is 4.23. The highest BCUT2D eigenvalue weighted by atomic mass is 19.1. The average Bonchev–Trinajstić information content (AvgIpc) is 2.75. The van der Waals surface area contributed by atoms with Crippen molar-refractivity contribution >= 4 is 17.5 Å². The number of ether oxygens (including phenoxy) is 2. The van der Waals surface area contributed by atoms with Crippen LogP contribution in [0.2, 0.25) is 0 Å². The summed E-state index contributed by atoms with van der Waals surface area (Å²) in [6.45, 7) is -0.553. The minimum Gasteiger partial charge on any atom is -0.494 e. The largest absolute Gasteiger partial charge is 0.494 e. The molecule has 0 aliphatic carbocycles. The first-order valence-electron chi connectivity index (χ1n) is 8.79. The van der Waals surface area contributed by atoms with Crippen molar-refractivity contribution in [3.63, 3.8) is 0 Å². The van der Waals surface area contributed by atoms with E-state index in [2.05, 4.69) is 10.3 Å². The summed E-state index contributed by atoms with van der Waals surface area (Å²) in [5, 5.41) is 2.26. The highest BCUT2D eigenvalue weighted by molar-refractivity contribution is 6.04. The van der Waals surface area contributed by atoms with Crippen LogP contribution in [-0.4, -0.2) is 23.9 Å². The molecule has 1 heterocycles. The number of primary amides is 1. The van der Waals surface area contributed by atoms with E-state index in [9.17, 15) is 22.8 Å². The summed E-state index contributed by atoms with van der Waals surface area (Å²) >= 11 is 0. The lowest BCUT2D eigenvalue weighted by atomic mass is 10.1. The number of carbonyl (C=O) groups excluding carboxylic acids is 2. The van der Waals surface area contributed by atoms with E-state index in [4.69, 9.17) is 15.2 Å². The number of benzene rings is 2. The first kappa shape index (κ1) is 21.6. The second-order valence-electron chi connectivity index (χ2n) is 6.25. The fourth-order valence-corrected chi connectivity index (χ4v) is 2.62. The number of nitrogens with zero attached hydrogens (tertiary/aromatic N) is 1. The van der Waals surface area contributed by atoms with Crippen molar-refractivity contribution in [2.24, 2.45) is 5.73 Å². The predicted octanol–water partition coefficient (Wildman–Crippen LogP) is 3.44. The molecule has 0 saturated heterocycles. The Labute approximate surface area is 174 Å². The second-order valence-corrected chi connectivity index (χ2v) is 6.25. The van der Waals surface area contributed by atoms with E-state index in [1.165, 1.54) is 37.7 Å². The summed E-state index contributed by atoms with van der Waals surface area (Å²) in [6.07, 6.45) is 2.46. The lowest BCUT2D eigenvalue weighted by Gasteiger charge is -2.12. The maximum Gasteiger partial charge on any atom is 0.255 e. The van der Waals surface area contributed by atoms with Crippen LogP contribution in [-0.2, 0) is 6.61 Å². The minimum absolute atomic E-state index is 0.0566. The van der Waals surface area contributed by atoms with Crippen molar-refractivity contribution in [2.45, 2.75) is 6.61 Å². The van der Waals surface area contributed by atoms with Crippen LogP contribution in [0.3, 0.4) is 0 Å². The number of halogens is 3. The Hall–Kier alpha value is -4.08. The molecule has 0 saturated carbocycles. The molecule has 0 atom stereocenters. The van der Waals surface area contributed by atoms with Gasteiger partial charge in [0.15, 0.2) is 17.4 Å². The molecule has 0 unspecified atom stereocenters. The van der Waals surface area contributed by atoms with Crippen LogP contribution in [0.1, 0.15) is 26.3 Å². The SMILES string of the molecule is COc1ccc(C(=O)Nc2ccc(F)c(COc3cncc(C(N)=O)c3)c2F)cc1F. The lowest BCUT2D eigenvalue weighted by molar-refractivity contribution is 0.0996. The predicted molar refractivity (Wildman–Crippen MR) is 104 cm³/mol. The molecule has 2 amide bonds. The molecule has 2 aromatic carbocycles. The molecule has 0 aliphatic rings. The zero-order valence-electron chi connectivity index (χ0n) is 16.1. The average molecular weight is 431 g/mol. The number of rotatable bonds is 7. The third-order valence-electron chi connectivity index (χ3n) is 4.23. The Morgan fingerprint density at radius 2 is 1.81 bits per heavy atom. The molecular weight excluding hydrogens is 415 g/mol. The number of anilines is 1. The fourth-order valence-electron chi connectivity index (χ4n) is 2.62. The Bertz CT molecular complexity index is 1150. The molecule has 0 radical (unpaired) electrons. The zero-order chi connectivity index (χ0) is 22.5. The fraction of sp³-hybridized carbons (Fsp3) is 0.0952. The molecule has 10 heteroatoms. The third kappa shape index (κ3) is 4.92. The quantitative estimate of drug-likeness (QED) is 0.597. The number of hydrogen-bond donors (Lipinski definition) is 2. The molecule has 0 aliphatic heterocycles. The highest BCUT2D eigenvalue weighted by Crippen LogP contribution is 2.25. The van der Waals surface area contributed by atoms with Gasteiger partial charge in [-0.1, -0.05) is 0 Å². The van der Waals surface area contributed by atoms with Crippen LogP contribution >= 0.6 is 0 Å². The van der Waals surface area contributed by atoms with Crippen molar-refractivity contribution in [3.8, 4) is 11.5 Å². The van der Waals surface area contributed by atoms with Gasteiger partial charge in [-0.2, -0.15) is 0 Å². The number of carbonyl (C=O) groups is 2. The topological polar surface area (TPSA) is 104 Å². The molecule has 7 nitrogen and oxygen atoms in total. The molecule has 3 rings (SSSR count). The van der Waals surface area contributed by atoms with Gasteiger partial charge in [0.05, 0.1) is 30.1 Å². The number of pyridine rings is 1. The van der Waals surface area contributed by atoms with Crippen LogP contribution in [0.15, 0.2) is 48.8 Å². The summed E-state index contributed by atoms with van der Waals surface area (Å²) in [5.74, 6) is -4.29. The molecular formula is C21H16F3N3O4. The van der Waals surface area contributed by atoms with Crippen LogP contribution in [0, 0.1) is 17.5 Å². The molecule has 3 N–H and O–H groups in total. The number of nitrogens with two attached hydrogens (primary N) is 1. The maximum atomic E-state index is 14.8. The van der Waals surface area contributed by atoms with Gasteiger partial charge in [0, 0.05) is 11.8 Å². The summed E-state index contributed by atoms with van der Waals surface area (Å²) in [5.41, 5.74) is 4.33. The van der Waals surface area contributed by atoms with Gasteiger partial charge in [0.1, 0.15) is 18.2 Å². The van der Waals surface area contributed by atoms with Crippen molar-refractivity contribution < 1.29 is 32.2 Å². The molecule has 160 valence electrons. The van der Waals surface area contributed by atoms with Gasteiger partial charge in [0.2, 0.25) is 5.91 Å². The van der Waals surface area contributed by atoms with Crippen LogP contribution < -0.4 is 20.5 Å². The van der Waals surface area contributed by atoms with Gasteiger partial charge in [-0.25, -0.2) is 13.2 Å². The Morgan fingerprint density at radius 3 is 2.48 bits per heavy atom. The number of nitrogens with one attached hydrogen (secondary N) is 1. The van der Waals surface area contributed by atoms with E-state index in [1.54, 1.807) is 0 Å². The van der Waals surface area contributed by atoms with Crippen molar-refractivity contribution in [1.29, 1.82) is 0 Å². The summed E-state index contributed by atoms with van der Waals surface area (Å²) < 4.78 is 52.8. The molecule has 0 fully saturated rings. The summed E-state index contributed by atoms with van der Waals surface area (Å²) in [6, 6.07) is 6.72. The standard InChI is InChI=1S/C21H16F3N3O4/c1-30-18-5-2-11(7-16(18)23)21(29)27-17-4-3-15(22)14(19(17)24)10-31-13-6-12(20(25)28)8-26-9-13/h2-9H,10H2,1H3,(H2,25,28)(H,27,29). The molecule has 0 spiro atoms. The molecule has 1 aromatic heterocycles. The number of methoxy groups -OCH3 is 1. The minimum atomic E-state index is -1.07. The molecule has 31 heavy (non-hydrogen) atoms. The summed E-state index contributed by atoms with van der Waals surface area (Å²) in [4.78, 5) is 27.3. The number of hydrogen-bond acceptors (Lipinski definition) is 5. The number of aromatic nitrogens is 1.